The molecule has 0 aliphatic carbocycles. The first-order valence-electron chi connectivity index (χ1n) is 7.38. The Kier molecular flexibility index (Phi) is 4.82. The Morgan fingerprint density at radius 2 is 2.08 bits per heavy atom. The SMILES string of the molecule is COc1c(C)cnc(CCn2cc(I)c3c(Cl)nc(N)nc32)c1C. The van der Waals surface area contributed by atoms with Crippen molar-refractivity contribution in [2.24, 2.45) is 0 Å². The molecule has 0 saturated carbocycles. The Balaban J connectivity index is 1.95. The van der Waals surface area contributed by atoms with Gasteiger partial charge in [-0.3, -0.25) is 4.98 Å². The van der Waals surface area contributed by atoms with E-state index in [1.807, 2.05) is 30.8 Å². The molecule has 0 saturated heterocycles. The van der Waals surface area contributed by atoms with Crippen molar-refractivity contribution in [2.45, 2.75) is 26.8 Å². The van der Waals surface area contributed by atoms with Crippen LogP contribution in [0.15, 0.2) is 12.4 Å². The van der Waals surface area contributed by atoms with Crippen molar-refractivity contribution in [1.29, 1.82) is 0 Å². The molecular formula is C16H17ClIN5O. The zero-order valence-electron chi connectivity index (χ0n) is 13.6. The summed E-state index contributed by atoms with van der Waals surface area (Å²) in [5, 5.41) is 1.21. The number of aryl methyl sites for hydroxylation is 3. The normalized spacial score (nSPS) is 11.2. The summed E-state index contributed by atoms with van der Waals surface area (Å²) in [6.45, 7) is 4.74. The predicted molar refractivity (Wildman–Crippen MR) is 104 cm³/mol. The van der Waals surface area contributed by atoms with E-state index in [1.54, 1.807) is 7.11 Å². The van der Waals surface area contributed by atoms with Crippen LogP contribution in [0.25, 0.3) is 11.0 Å². The van der Waals surface area contributed by atoms with Gasteiger partial charge >= 0.3 is 0 Å². The van der Waals surface area contributed by atoms with Crippen LogP contribution in [0.1, 0.15) is 16.8 Å². The number of halogens is 2. The van der Waals surface area contributed by atoms with Crippen molar-refractivity contribution >= 4 is 51.2 Å². The van der Waals surface area contributed by atoms with Crippen molar-refractivity contribution in [2.75, 3.05) is 12.8 Å². The fourth-order valence-electron chi connectivity index (χ4n) is 2.83. The fraction of sp³-hybridized carbons (Fsp3) is 0.312. The number of methoxy groups -OCH3 is 1. The minimum atomic E-state index is 0.176. The van der Waals surface area contributed by atoms with Gasteiger partial charge in [0.05, 0.1) is 12.5 Å². The number of pyridine rings is 1. The third-order valence-electron chi connectivity index (χ3n) is 3.98. The number of aromatic nitrogens is 4. The van der Waals surface area contributed by atoms with Gasteiger partial charge in [0.15, 0.2) is 0 Å². The van der Waals surface area contributed by atoms with Crippen molar-refractivity contribution in [1.82, 2.24) is 19.5 Å². The molecule has 0 radical (unpaired) electrons. The Morgan fingerprint density at radius 1 is 1.33 bits per heavy atom. The highest BCUT2D eigenvalue weighted by atomic mass is 127. The van der Waals surface area contributed by atoms with Gasteiger partial charge in [-0.05, 0) is 36.4 Å². The van der Waals surface area contributed by atoms with Gasteiger partial charge in [0.1, 0.15) is 16.5 Å². The van der Waals surface area contributed by atoms with E-state index in [0.29, 0.717) is 11.7 Å². The largest absolute Gasteiger partial charge is 0.496 e. The van der Waals surface area contributed by atoms with Crippen LogP contribution < -0.4 is 10.5 Å². The van der Waals surface area contributed by atoms with Crippen LogP contribution in [0.2, 0.25) is 5.15 Å². The van der Waals surface area contributed by atoms with Crippen molar-refractivity contribution in [3.05, 3.63) is 37.9 Å². The topological polar surface area (TPSA) is 78.8 Å². The molecule has 0 aliphatic rings. The minimum Gasteiger partial charge on any atom is -0.496 e. The molecule has 24 heavy (non-hydrogen) atoms. The first-order valence-corrected chi connectivity index (χ1v) is 8.84. The van der Waals surface area contributed by atoms with E-state index >= 15 is 0 Å². The van der Waals surface area contributed by atoms with Crippen LogP contribution >= 0.6 is 34.2 Å². The van der Waals surface area contributed by atoms with E-state index in [2.05, 4.69) is 37.5 Å². The number of anilines is 1. The van der Waals surface area contributed by atoms with Crippen molar-refractivity contribution < 1.29 is 4.74 Å². The molecule has 0 fully saturated rings. The predicted octanol–water partition coefficient (Wildman–Crippen LogP) is 3.53. The van der Waals surface area contributed by atoms with E-state index in [9.17, 15) is 0 Å². The van der Waals surface area contributed by atoms with Crippen LogP contribution in [0.3, 0.4) is 0 Å². The van der Waals surface area contributed by atoms with Crippen LogP contribution in [-0.2, 0) is 13.0 Å². The van der Waals surface area contributed by atoms with Gasteiger partial charge in [-0.15, -0.1) is 0 Å². The molecule has 0 spiro atoms. The van der Waals surface area contributed by atoms with Gasteiger partial charge in [0.2, 0.25) is 5.95 Å². The Hall–Kier alpha value is -1.61. The number of fused-ring (bicyclic) bond motifs is 1. The summed E-state index contributed by atoms with van der Waals surface area (Å²) in [6.07, 6.45) is 4.60. The first-order chi connectivity index (χ1) is 11.4. The van der Waals surface area contributed by atoms with Crippen LogP contribution in [0.5, 0.6) is 5.75 Å². The summed E-state index contributed by atoms with van der Waals surface area (Å²) in [5.41, 5.74) is 9.58. The second-order valence-electron chi connectivity index (χ2n) is 5.54. The number of nitrogens with zero attached hydrogens (tertiary/aromatic N) is 4. The smallest absolute Gasteiger partial charge is 0.223 e. The van der Waals surface area contributed by atoms with Gasteiger partial charge in [-0.25, -0.2) is 4.98 Å². The average Bonchev–Trinajstić information content (AvgIpc) is 2.83. The van der Waals surface area contributed by atoms with Gasteiger partial charge in [-0.2, -0.15) is 4.98 Å². The Morgan fingerprint density at radius 3 is 2.79 bits per heavy atom. The third kappa shape index (κ3) is 3.02. The Bertz CT molecular complexity index is 925. The quantitative estimate of drug-likeness (QED) is 0.479. The standard InChI is InChI=1S/C16H17ClIN5O/c1-8-6-20-11(9(2)13(8)24-3)4-5-23-7-10(18)12-14(17)21-16(19)22-15(12)23/h6-7H,4-5H2,1-3H3,(H2,19,21,22). The maximum absolute atomic E-state index is 6.20. The van der Waals surface area contributed by atoms with Crippen LogP contribution in [0, 0.1) is 17.4 Å². The average molecular weight is 458 g/mol. The zero-order valence-corrected chi connectivity index (χ0v) is 16.5. The lowest BCUT2D eigenvalue weighted by atomic mass is 10.1. The van der Waals surface area contributed by atoms with Crippen molar-refractivity contribution in [3.8, 4) is 5.75 Å². The number of nitrogens with two attached hydrogens (primary N) is 1. The third-order valence-corrected chi connectivity index (χ3v) is 5.07. The second kappa shape index (κ2) is 6.72. The molecule has 3 aromatic rings. The van der Waals surface area contributed by atoms with Crippen molar-refractivity contribution in [3.63, 3.8) is 0 Å². The summed E-state index contributed by atoms with van der Waals surface area (Å²) in [5.74, 6) is 1.07. The molecule has 0 amide bonds. The van der Waals surface area contributed by atoms with Gasteiger partial charge in [0.25, 0.3) is 0 Å². The van der Waals surface area contributed by atoms with E-state index in [0.717, 1.165) is 43.6 Å². The lowest BCUT2D eigenvalue weighted by Crippen LogP contribution is -2.06. The maximum atomic E-state index is 6.20. The van der Waals surface area contributed by atoms with Gasteiger partial charge < -0.3 is 15.0 Å². The molecule has 0 atom stereocenters. The van der Waals surface area contributed by atoms with Gasteiger partial charge in [0, 0.05) is 45.8 Å². The zero-order chi connectivity index (χ0) is 17.4. The summed E-state index contributed by atoms with van der Waals surface area (Å²) < 4.78 is 8.51. The lowest BCUT2D eigenvalue weighted by molar-refractivity contribution is 0.406. The number of hydrogen-bond acceptors (Lipinski definition) is 5. The molecular weight excluding hydrogens is 441 g/mol. The van der Waals surface area contributed by atoms with E-state index in [4.69, 9.17) is 22.1 Å². The molecule has 3 rings (SSSR count). The molecule has 3 aromatic heterocycles. The lowest BCUT2D eigenvalue weighted by Gasteiger charge is -2.12. The molecule has 3 heterocycles. The summed E-state index contributed by atoms with van der Waals surface area (Å²) in [6, 6.07) is 0. The summed E-state index contributed by atoms with van der Waals surface area (Å²) in [4.78, 5) is 12.9. The second-order valence-corrected chi connectivity index (χ2v) is 7.06. The highest BCUT2D eigenvalue weighted by Gasteiger charge is 2.15. The van der Waals surface area contributed by atoms with Crippen LogP contribution in [0.4, 0.5) is 5.95 Å². The summed E-state index contributed by atoms with van der Waals surface area (Å²) in [7, 11) is 1.68. The van der Waals surface area contributed by atoms with E-state index in [1.165, 1.54) is 0 Å². The van der Waals surface area contributed by atoms with E-state index in [-0.39, 0.29) is 5.95 Å². The summed E-state index contributed by atoms with van der Waals surface area (Å²) >= 11 is 8.43. The molecule has 0 aromatic carbocycles. The molecule has 2 N–H and O–H groups in total. The molecule has 8 heteroatoms. The monoisotopic (exact) mass is 457 g/mol. The molecule has 0 bridgehead atoms. The number of rotatable bonds is 4. The minimum absolute atomic E-state index is 0.176. The molecule has 126 valence electrons. The highest BCUT2D eigenvalue weighted by molar-refractivity contribution is 14.1. The molecule has 0 unspecified atom stereocenters. The molecule has 0 aliphatic heterocycles. The first kappa shape index (κ1) is 17.2. The Labute approximate surface area is 158 Å². The maximum Gasteiger partial charge on any atom is 0.223 e. The molecule has 6 nitrogen and oxygen atoms in total. The number of nitrogen functional groups attached to an aromatic ring is 1. The van der Waals surface area contributed by atoms with Crippen LogP contribution in [-0.4, -0.2) is 26.6 Å². The van der Waals surface area contributed by atoms with Gasteiger partial charge in [-0.1, -0.05) is 11.6 Å². The highest BCUT2D eigenvalue weighted by Crippen LogP contribution is 2.29. The number of ether oxygens (including phenoxy) is 1. The van der Waals surface area contributed by atoms with E-state index < -0.39 is 0 Å². The fourth-order valence-corrected chi connectivity index (χ4v) is 4.10. The number of hydrogen-bond donors (Lipinski definition) is 1.